The van der Waals surface area contributed by atoms with Crippen molar-refractivity contribution < 1.29 is 15.0 Å². The lowest BCUT2D eigenvalue weighted by atomic mass is 10.0. The van der Waals surface area contributed by atoms with E-state index >= 15 is 0 Å². The van der Waals surface area contributed by atoms with E-state index < -0.39 is 12.1 Å². The van der Waals surface area contributed by atoms with E-state index in [0.717, 1.165) is 103 Å². The number of rotatable bonds is 57. The largest absolute Gasteiger partial charge is 0.394 e. The molecule has 2 atom stereocenters. The fraction of sp³-hybridized carbons (Fsp3) is 0.653. The maximum Gasteiger partial charge on any atom is 0.220 e. The van der Waals surface area contributed by atoms with E-state index in [9.17, 15) is 15.0 Å². The molecule has 2 unspecified atom stereocenters. The molecule has 0 aliphatic rings. The predicted octanol–water partition coefficient (Wildman–Crippen LogP) is 21.9. The third-order valence-corrected chi connectivity index (χ3v) is 13.8. The summed E-state index contributed by atoms with van der Waals surface area (Å²) in [5.41, 5.74) is 0. The second kappa shape index (κ2) is 65.6. The van der Waals surface area contributed by atoms with Gasteiger partial charge in [-0.1, -0.05) is 307 Å². The Kier molecular flexibility index (Phi) is 62.3. The molecule has 0 aromatic rings. The molecule has 0 saturated heterocycles. The van der Waals surface area contributed by atoms with Gasteiger partial charge in [-0.15, -0.1) is 0 Å². The number of hydrogen-bond donors (Lipinski definition) is 3. The van der Waals surface area contributed by atoms with Crippen LogP contribution >= 0.6 is 0 Å². The summed E-state index contributed by atoms with van der Waals surface area (Å²) in [6, 6.07) is -0.658. The minimum Gasteiger partial charge on any atom is -0.394 e. The molecule has 0 aromatic heterocycles. The first-order valence-electron chi connectivity index (χ1n) is 32.0. The number of aliphatic hydroxyl groups is 2. The van der Waals surface area contributed by atoms with Crippen molar-refractivity contribution in [1.82, 2.24) is 5.32 Å². The van der Waals surface area contributed by atoms with Gasteiger partial charge in [-0.2, -0.15) is 0 Å². The SMILES string of the molecule is CC/C=C\C/C=C\C/C=C\C/C=C\C/C=C\C/C=C\C/C=C\C/C=C\C/C=C\CCCCCCCCCCCCCC(=O)NC(CO)C(O)/C=C/CC/C=C/CC/C=C/CCCCCCCCCCCCCCCCC. The molecule has 3 N–H and O–H groups in total. The summed E-state index contributed by atoms with van der Waals surface area (Å²) in [7, 11) is 0. The Balaban J connectivity index is 3.62. The average molecular weight is 1050 g/mol. The van der Waals surface area contributed by atoms with Crippen LogP contribution in [0.1, 0.15) is 284 Å². The number of carbonyl (C=O) groups excluding carboxylic acids is 1. The zero-order valence-electron chi connectivity index (χ0n) is 49.7. The quantitative estimate of drug-likeness (QED) is 0.0420. The third kappa shape index (κ3) is 61.1. The molecule has 0 rings (SSSR count). The molecule has 0 radical (unpaired) electrons. The van der Waals surface area contributed by atoms with Gasteiger partial charge in [0.05, 0.1) is 18.8 Å². The highest BCUT2D eigenvalue weighted by atomic mass is 16.3. The van der Waals surface area contributed by atoms with Crippen molar-refractivity contribution in [3.05, 3.63) is 146 Å². The van der Waals surface area contributed by atoms with E-state index in [1.807, 2.05) is 6.08 Å². The van der Waals surface area contributed by atoms with Crippen molar-refractivity contribution in [3.8, 4) is 0 Å². The Labute approximate surface area is 472 Å². The van der Waals surface area contributed by atoms with E-state index in [-0.39, 0.29) is 12.5 Å². The molecule has 0 fully saturated rings. The van der Waals surface area contributed by atoms with Crippen LogP contribution < -0.4 is 5.32 Å². The van der Waals surface area contributed by atoms with E-state index in [0.29, 0.717) is 6.42 Å². The Hall–Kier alpha value is -3.73. The second-order valence-corrected chi connectivity index (χ2v) is 21.1. The van der Waals surface area contributed by atoms with E-state index in [2.05, 4.69) is 153 Å². The summed E-state index contributed by atoms with van der Waals surface area (Å²) in [4.78, 5) is 12.5. The van der Waals surface area contributed by atoms with Crippen LogP contribution in [-0.2, 0) is 4.79 Å². The summed E-state index contributed by atoms with van der Waals surface area (Å²) in [6.07, 6.45) is 103. The highest BCUT2D eigenvalue weighted by molar-refractivity contribution is 5.76. The minimum atomic E-state index is -0.882. The summed E-state index contributed by atoms with van der Waals surface area (Å²) in [5.74, 6) is -0.0852. The van der Waals surface area contributed by atoms with Crippen LogP contribution in [0.25, 0.3) is 0 Å². The lowest BCUT2D eigenvalue weighted by Crippen LogP contribution is -2.45. The van der Waals surface area contributed by atoms with Gasteiger partial charge in [-0.05, 0) is 116 Å². The van der Waals surface area contributed by atoms with Gasteiger partial charge in [0.25, 0.3) is 0 Å². The topological polar surface area (TPSA) is 69.6 Å². The Bertz CT molecular complexity index is 1560. The first kappa shape index (κ1) is 72.3. The van der Waals surface area contributed by atoms with E-state index in [1.165, 1.54) is 161 Å². The van der Waals surface area contributed by atoms with Crippen LogP contribution in [0.3, 0.4) is 0 Å². The summed E-state index contributed by atoms with van der Waals surface area (Å²) in [5, 5.41) is 23.2. The van der Waals surface area contributed by atoms with Gasteiger partial charge >= 0.3 is 0 Å². The highest BCUT2D eigenvalue weighted by Crippen LogP contribution is 2.16. The molecule has 0 aliphatic heterocycles. The monoisotopic (exact) mass is 1050 g/mol. The Morgan fingerprint density at radius 2 is 0.592 bits per heavy atom. The van der Waals surface area contributed by atoms with Crippen molar-refractivity contribution in [1.29, 1.82) is 0 Å². The van der Waals surface area contributed by atoms with Crippen LogP contribution in [0.2, 0.25) is 0 Å². The Morgan fingerprint density at radius 1 is 0.329 bits per heavy atom. The van der Waals surface area contributed by atoms with Gasteiger partial charge in [0.15, 0.2) is 0 Å². The lowest BCUT2D eigenvalue weighted by molar-refractivity contribution is -0.123. The summed E-state index contributed by atoms with van der Waals surface area (Å²) >= 11 is 0. The average Bonchev–Trinajstić information content (AvgIpc) is 3.42. The molecular weight excluding hydrogens is 927 g/mol. The maximum absolute atomic E-state index is 12.5. The number of amides is 1. The lowest BCUT2D eigenvalue weighted by Gasteiger charge is -2.19. The van der Waals surface area contributed by atoms with E-state index in [4.69, 9.17) is 0 Å². The highest BCUT2D eigenvalue weighted by Gasteiger charge is 2.18. The minimum absolute atomic E-state index is 0.0852. The smallest absolute Gasteiger partial charge is 0.220 e. The van der Waals surface area contributed by atoms with E-state index in [1.54, 1.807) is 6.08 Å². The van der Waals surface area contributed by atoms with Crippen molar-refractivity contribution in [2.45, 2.75) is 296 Å². The van der Waals surface area contributed by atoms with Gasteiger partial charge in [0.2, 0.25) is 5.91 Å². The van der Waals surface area contributed by atoms with Crippen molar-refractivity contribution in [2.75, 3.05) is 6.61 Å². The van der Waals surface area contributed by atoms with Crippen LogP contribution in [0.4, 0.5) is 0 Å². The number of allylic oxidation sites excluding steroid dienone is 23. The van der Waals surface area contributed by atoms with Gasteiger partial charge in [0, 0.05) is 6.42 Å². The molecule has 0 saturated carbocycles. The van der Waals surface area contributed by atoms with Crippen LogP contribution in [-0.4, -0.2) is 34.9 Å². The van der Waals surface area contributed by atoms with Gasteiger partial charge in [0.1, 0.15) is 0 Å². The first-order chi connectivity index (χ1) is 37.7. The molecule has 0 bridgehead atoms. The second-order valence-electron chi connectivity index (χ2n) is 21.1. The maximum atomic E-state index is 12.5. The molecule has 0 aliphatic carbocycles. The zero-order valence-corrected chi connectivity index (χ0v) is 49.7. The van der Waals surface area contributed by atoms with Crippen LogP contribution in [0.5, 0.6) is 0 Å². The van der Waals surface area contributed by atoms with Gasteiger partial charge in [-0.3, -0.25) is 4.79 Å². The molecule has 0 heterocycles. The molecule has 0 aromatic carbocycles. The summed E-state index contributed by atoms with van der Waals surface area (Å²) in [6.45, 7) is 4.19. The standard InChI is InChI=1S/C72H121NO3/c1-3-5-7-9-11-13-15-17-19-21-23-25-27-29-30-31-32-33-34-35-36-37-38-39-40-41-42-44-46-48-50-52-54-56-58-60-62-64-66-68-72(76)73-70(69-74)71(75)67-65-63-61-59-57-55-53-51-49-47-45-43-28-26-24-22-20-18-16-14-12-10-8-6-4-2/h5,7,11,13,17,19,23,25,29-30,32-33,35-36,38-39,41-42,49,51,57,59,65,67,70-71,74-75H,3-4,6,8-10,12,14-16,18,20-22,24,26-28,31,34,37,40,43-48,50,52-56,58,60-64,66,68-69H2,1-2H3,(H,73,76)/b7-5-,13-11-,19-17-,25-23-,30-29-,33-32-,36-35-,39-38-,42-41-,51-49+,59-57+,67-65+. The molecule has 76 heavy (non-hydrogen) atoms. The molecule has 4 nitrogen and oxygen atoms in total. The summed E-state index contributed by atoms with van der Waals surface area (Å²) < 4.78 is 0. The number of carbonyl (C=O) groups is 1. The fourth-order valence-electron chi connectivity index (χ4n) is 8.97. The number of nitrogens with one attached hydrogen (secondary N) is 1. The molecule has 1 amide bonds. The Morgan fingerprint density at radius 3 is 0.921 bits per heavy atom. The number of unbranched alkanes of at least 4 members (excludes halogenated alkanes) is 28. The molecule has 4 heteroatoms. The fourth-order valence-corrected chi connectivity index (χ4v) is 8.97. The van der Waals surface area contributed by atoms with Crippen molar-refractivity contribution in [3.63, 3.8) is 0 Å². The normalized spacial score (nSPS) is 13.8. The number of aliphatic hydroxyl groups excluding tert-OH is 2. The molecular formula is C72H121NO3. The first-order valence-corrected chi connectivity index (χ1v) is 32.0. The van der Waals surface area contributed by atoms with Gasteiger partial charge in [-0.25, -0.2) is 0 Å². The molecule has 432 valence electrons. The predicted molar refractivity (Wildman–Crippen MR) is 340 cm³/mol. The van der Waals surface area contributed by atoms with Gasteiger partial charge < -0.3 is 15.5 Å². The van der Waals surface area contributed by atoms with Crippen LogP contribution in [0.15, 0.2) is 146 Å². The molecule has 0 spiro atoms. The van der Waals surface area contributed by atoms with Crippen molar-refractivity contribution >= 4 is 5.91 Å². The van der Waals surface area contributed by atoms with Crippen LogP contribution in [0, 0.1) is 0 Å². The zero-order chi connectivity index (χ0) is 54.8. The van der Waals surface area contributed by atoms with Crippen molar-refractivity contribution in [2.24, 2.45) is 0 Å². The third-order valence-electron chi connectivity index (χ3n) is 13.8. The number of hydrogen-bond acceptors (Lipinski definition) is 3.